The van der Waals surface area contributed by atoms with Crippen molar-refractivity contribution < 1.29 is 9.53 Å². The molecule has 0 saturated heterocycles. The highest BCUT2D eigenvalue weighted by atomic mass is 32.1. The van der Waals surface area contributed by atoms with E-state index in [1.54, 1.807) is 16.7 Å². The van der Waals surface area contributed by atoms with Crippen LogP contribution in [0, 0.1) is 13.8 Å². The molecule has 8 heteroatoms. The first-order chi connectivity index (χ1) is 14.2. The van der Waals surface area contributed by atoms with Gasteiger partial charge in [0.1, 0.15) is 17.0 Å². The zero-order valence-electron chi connectivity index (χ0n) is 18.9. The van der Waals surface area contributed by atoms with Gasteiger partial charge in [0, 0.05) is 12.6 Å². The third-order valence-electron chi connectivity index (χ3n) is 4.94. The summed E-state index contributed by atoms with van der Waals surface area (Å²) >= 11 is 1.54. The molecule has 7 nitrogen and oxygen atoms in total. The van der Waals surface area contributed by atoms with Crippen molar-refractivity contribution in [2.45, 2.75) is 40.2 Å². The Morgan fingerprint density at radius 3 is 2.60 bits per heavy atom. The Hall–Kier alpha value is -2.45. The summed E-state index contributed by atoms with van der Waals surface area (Å²) in [6.45, 7) is 9.51. The Morgan fingerprint density at radius 2 is 1.97 bits per heavy atom. The first-order valence-corrected chi connectivity index (χ1v) is 11.0. The van der Waals surface area contributed by atoms with Crippen molar-refractivity contribution in [2.75, 3.05) is 39.2 Å². The number of thiazole rings is 1. The second-order valence-corrected chi connectivity index (χ2v) is 9.06. The quantitative estimate of drug-likeness (QED) is 0.534. The van der Waals surface area contributed by atoms with Crippen LogP contribution >= 0.6 is 11.3 Å². The number of anilines is 1. The van der Waals surface area contributed by atoms with E-state index in [2.05, 4.69) is 16.9 Å². The Bertz CT molecular complexity index is 1040. The standard InChI is InChI=1S/C22H31N5O2S/c1-14(2)27-17(13-16(4)24-27)21(28)26(12-8-11-25(5)6)22-23-19-18(29-7)10-9-15(3)20(19)30-22/h9-10,13-14H,8,11-12H2,1-7H3. The molecule has 0 N–H and O–H groups in total. The average molecular weight is 430 g/mol. The molecule has 0 spiro atoms. The Balaban J connectivity index is 2.06. The molecule has 1 amide bonds. The van der Waals surface area contributed by atoms with Crippen LogP contribution in [-0.2, 0) is 0 Å². The summed E-state index contributed by atoms with van der Waals surface area (Å²) in [5, 5.41) is 5.21. The van der Waals surface area contributed by atoms with Gasteiger partial charge in [0.15, 0.2) is 5.13 Å². The maximum absolute atomic E-state index is 13.7. The van der Waals surface area contributed by atoms with E-state index in [-0.39, 0.29) is 11.9 Å². The second kappa shape index (κ2) is 9.14. The molecule has 0 unspecified atom stereocenters. The Kier molecular flexibility index (Phi) is 6.77. The van der Waals surface area contributed by atoms with Gasteiger partial charge in [-0.2, -0.15) is 5.10 Å². The van der Waals surface area contributed by atoms with Crippen LogP contribution < -0.4 is 9.64 Å². The summed E-state index contributed by atoms with van der Waals surface area (Å²) in [5.74, 6) is 0.653. The summed E-state index contributed by atoms with van der Waals surface area (Å²) in [6, 6.07) is 5.91. The van der Waals surface area contributed by atoms with Crippen LogP contribution in [0.2, 0.25) is 0 Å². The minimum atomic E-state index is -0.0706. The summed E-state index contributed by atoms with van der Waals surface area (Å²) in [7, 11) is 5.72. The first kappa shape index (κ1) is 22.2. The molecule has 0 aliphatic heterocycles. The number of carbonyl (C=O) groups is 1. The molecular formula is C22H31N5O2S. The minimum absolute atomic E-state index is 0.0706. The lowest BCUT2D eigenvalue weighted by Gasteiger charge is -2.22. The van der Waals surface area contributed by atoms with E-state index in [1.165, 1.54) is 11.3 Å². The predicted molar refractivity (Wildman–Crippen MR) is 123 cm³/mol. The zero-order chi connectivity index (χ0) is 22.0. The number of carbonyl (C=O) groups excluding carboxylic acids is 1. The highest BCUT2D eigenvalue weighted by Crippen LogP contribution is 2.37. The van der Waals surface area contributed by atoms with E-state index in [1.807, 2.05) is 53.1 Å². The van der Waals surface area contributed by atoms with E-state index in [0.717, 1.165) is 40.2 Å². The predicted octanol–water partition coefficient (Wildman–Crippen LogP) is 4.30. The number of hydrogen-bond acceptors (Lipinski definition) is 6. The molecule has 0 fully saturated rings. The van der Waals surface area contributed by atoms with E-state index < -0.39 is 0 Å². The molecule has 0 radical (unpaired) electrons. The van der Waals surface area contributed by atoms with Crippen LogP contribution in [0.25, 0.3) is 10.2 Å². The number of benzene rings is 1. The van der Waals surface area contributed by atoms with Gasteiger partial charge < -0.3 is 9.64 Å². The summed E-state index contributed by atoms with van der Waals surface area (Å²) in [4.78, 5) is 22.4. The molecule has 2 heterocycles. The number of ether oxygens (including phenoxy) is 1. The maximum atomic E-state index is 13.7. The zero-order valence-corrected chi connectivity index (χ0v) is 19.7. The van der Waals surface area contributed by atoms with Crippen molar-refractivity contribution in [2.24, 2.45) is 0 Å². The van der Waals surface area contributed by atoms with Crippen LogP contribution in [0.15, 0.2) is 18.2 Å². The highest BCUT2D eigenvalue weighted by Gasteiger charge is 2.26. The molecule has 0 atom stereocenters. The number of aromatic nitrogens is 3. The normalized spacial score (nSPS) is 11.6. The highest BCUT2D eigenvalue weighted by molar-refractivity contribution is 7.22. The third-order valence-corrected chi connectivity index (χ3v) is 6.15. The van der Waals surface area contributed by atoms with Gasteiger partial charge in [-0.3, -0.25) is 14.4 Å². The van der Waals surface area contributed by atoms with Gasteiger partial charge in [-0.25, -0.2) is 4.98 Å². The van der Waals surface area contributed by atoms with Crippen LogP contribution in [0.5, 0.6) is 5.75 Å². The van der Waals surface area contributed by atoms with Crippen LogP contribution in [-0.4, -0.2) is 59.9 Å². The number of nitrogens with zero attached hydrogens (tertiary/aromatic N) is 5. The molecule has 3 rings (SSSR count). The average Bonchev–Trinajstić information content (AvgIpc) is 3.29. The molecule has 0 bridgehead atoms. The summed E-state index contributed by atoms with van der Waals surface area (Å²) in [5.41, 5.74) is 3.35. The van der Waals surface area contributed by atoms with Crippen molar-refractivity contribution in [1.29, 1.82) is 0 Å². The topological polar surface area (TPSA) is 63.5 Å². The number of methoxy groups -OCH3 is 1. The number of fused-ring (bicyclic) bond motifs is 1. The Labute approximate surface area is 182 Å². The van der Waals surface area contributed by atoms with Crippen LogP contribution in [0.4, 0.5) is 5.13 Å². The summed E-state index contributed by atoms with van der Waals surface area (Å²) in [6.07, 6.45) is 0.847. The lowest BCUT2D eigenvalue weighted by molar-refractivity contribution is 0.0974. The Morgan fingerprint density at radius 1 is 1.23 bits per heavy atom. The lowest BCUT2D eigenvalue weighted by atomic mass is 10.2. The maximum Gasteiger partial charge on any atom is 0.278 e. The van der Waals surface area contributed by atoms with Gasteiger partial charge in [-0.1, -0.05) is 17.4 Å². The number of aryl methyl sites for hydroxylation is 2. The first-order valence-electron chi connectivity index (χ1n) is 10.2. The number of amides is 1. The summed E-state index contributed by atoms with van der Waals surface area (Å²) < 4.78 is 8.35. The molecule has 0 saturated carbocycles. The van der Waals surface area contributed by atoms with Crippen molar-refractivity contribution in [1.82, 2.24) is 19.7 Å². The largest absolute Gasteiger partial charge is 0.494 e. The second-order valence-electron chi connectivity index (χ2n) is 8.08. The smallest absolute Gasteiger partial charge is 0.278 e. The fraction of sp³-hybridized carbons (Fsp3) is 0.500. The van der Waals surface area contributed by atoms with Crippen molar-refractivity contribution in [3.8, 4) is 5.75 Å². The minimum Gasteiger partial charge on any atom is -0.494 e. The van der Waals surface area contributed by atoms with Gasteiger partial charge in [0.05, 0.1) is 17.5 Å². The van der Waals surface area contributed by atoms with Gasteiger partial charge in [0.2, 0.25) is 0 Å². The fourth-order valence-electron chi connectivity index (χ4n) is 3.42. The van der Waals surface area contributed by atoms with Crippen molar-refractivity contribution in [3.05, 3.63) is 35.2 Å². The molecule has 0 aliphatic rings. The number of hydrogen-bond donors (Lipinski definition) is 0. The third kappa shape index (κ3) is 4.49. The van der Waals surface area contributed by atoms with Crippen molar-refractivity contribution in [3.63, 3.8) is 0 Å². The van der Waals surface area contributed by atoms with Crippen molar-refractivity contribution >= 4 is 32.6 Å². The molecule has 3 aromatic rings. The molecule has 2 aromatic heterocycles. The monoisotopic (exact) mass is 429 g/mol. The van der Waals surface area contributed by atoms with Crippen LogP contribution in [0.1, 0.15) is 48.1 Å². The van der Waals surface area contributed by atoms with Gasteiger partial charge in [0.25, 0.3) is 5.91 Å². The van der Waals surface area contributed by atoms with E-state index in [9.17, 15) is 4.79 Å². The fourth-order valence-corrected chi connectivity index (χ4v) is 4.49. The van der Waals surface area contributed by atoms with Gasteiger partial charge >= 0.3 is 0 Å². The molecule has 162 valence electrons. The van der Waals surface area contributed by atoms with Crippen LogP contribution in [0.3, 0.4) is 0 Å². The number of rotatable bonds is 8. The SMILES string of the molecule is COc1ccc(C)c2sc(N(CCCN(C)C)C(=O)c3cc(C)nn3C(C)C)nc12. The lowest BCUT2D eigenvalue weighted by Crippen LogP contribution is -2.35. The molecule has 1 aromatic carbocycles. The van der Waals surface area contributed by atoms with Gasteiger partial charge in [-0.05, 0) is 72.5 Å². The van der Waals surface area contributed by atoms with E-state index in [4.69, 9.17) is 9.72 Å². The molecule has 0 aliphatic carbocycles. The molecular weight excluding hydrogens is 398 g/mol. The van der Waals surface area contributed by atoms with Gasteiger partial charge in [-0.15, -0.1) is 0 Å². The molecule has 30 heavy (non-hydrogen) atoms. The van der Waals surface area contributed by atoms with E-state index in [0.29, 0.717) is 17.4 Å². The van der Waals surface area contributed by atoms with E-state index >= 15 is 0 Å².